The third-order valence-electron chi connectivity index (χ3n) is 3.32. The molecule has 1 aromatic rings. The average Bonchev–Trinajstić information content (AvgIpc) is 2.52. The molecule has 0 saturated heterocycles. The molecule has 0 aliphatic carbocycles. The molecule has 0 bridgehead atoms. The molecule has 0 aliphatic heterocycles. The summed E-state index contributed by atoms with van der Waals surface area (Å²) in [7, 11) is 0. The molecule has 0 aromatic heterocycles. The van der Waals surface area contributed by atoms with Gasteiger partial charge in [0.15, 0.2) is 5.78 Å². The SMILES string of the molecule is CC(=C/N)/C(=C\N)C(=O)/C=C(\C=O)Cc1cc(Cl)c(C)c(Cl)c1. The van der Waals surface area contributed by atoms with E-state index in [4.69, 9.17) is 34.7 Å². The van der Waals surface area contributed by atoms with E-state index in [9.17, 15) is 9.59 Å². The normalized spacial score (nSPS) is 13.1. The smallest absolute Gasteiger partial charge is 0.188 e. The molecule has 0 saturated carbocycles. The molecule has 0 heterocycles. The van der Waals surface area contributed by atoms with E-state index in [1.807, 2.05) is 0 Å². The molecule has 122 valence electrons. The van der Waals surface area contributed by atoms with Crippen LogP contribution >= 0.6 is 23.2 Å². The van der Waals surface area contributed by atoms with E-state index in [1.165, 1.54) is 18.5 Å². The molecule has 0 unspecified atom stereocenters. The van der Waals surface area contributed by atoms with E-state index in [-0.39, 0.29) is 17.6 Å². The van der Waals surface area contributed by atoms with E-state index < -0.39 is 5.78 Å². The van der Waals surface area contributed by atoms with Crippen molar-refractivity contribution in [1.29, 1.82) is 0 Å². The summed E-state index contributed by atoms with van der Waals surface area (Å²) >= 11 is 12.2. The van der Waals surface area contributed by atoms with E-state index in [0.717, 1.165) is 11.1 Å². The Hall–Kier alpha value is -2.04. The summed E-state index contributed by atoms with van der Waals surface area (Å²) in [5.74, 6) is -0.391. The van der Waals surface area contributed by atoms with Crippen molar-refractivity contribution in [3.05, 3.63) is 68.5 Å². The van der Waals surface area contributed by atoms with Gasteiger partial charge in [0.1, 0.15) is 6.29 Å². The van der Waals surface area contributed by atoms with Gasteiger partial charge >= 0.3 is 0 Å². The van der Waals surface area contributed by atoms with Gasteiger partial charge in [-0.1, -0.05) is 23.2 Å². The molecule has 0 amide bonds. The van der Waals surface area contributed by atoms with Crippen LogP contribution in [0, 0.1) is 6.92 Å². The van der Waals surface area contributed by atoms with Crippen LogP contribution in [0.2, 0.25) is 10.0 Å². The Labute approximate surface area is 145 Å². The zero-order valence-corrected chi connectivity index (χ0v) is 14.4. The molecular formula is C17H18Cl2N2O2. The molecule has 0 atom stereocenters. The Kier molecular flexibility index (Phi) is 7.07. The van der Waals surface area contributed by atoms with Crippen molar-refractivity contribution in [1.82, 2.24) is 0 Å². The molecular weight excluding hydrogens is 335 g/mol. The Bertz CT molecular complexity index is 696. The quantitative estimate of drug-likeness (QED) is 0.467. The molecule has 0 radical (unpaired) electrons. The second-order valence-electron chi connectivity index (χ2n) is 4.99. The van der Waals surface area contributed by atoms with Gasteiger partial charge in [-0.25, -0.2) is 0 Å². The lowest BCUT2D eigenvalue weighted by atomic mass is 9.99. The van der Waals surface area contributed by atoms with Gasteiger partial charge in [0, 0.05) is 33.8 Å². The zero-order valence-electron chi connectivity index (χ0n) is 12.9. The summed E-state index contributed by atoms with van der Waals surface area (Å²) < 4.78 is 0. The number of nitrogens with two attached hydrogens (primary N) is 2. The maximum atomic E-state index is 12.2. The first-order valence-corrected chi connectivity index (χ1v) is 7.55. The van der Waals surface area contributed by atoms with E-state index in [2.05, 4.69) is 0 Å². The van der Waals surface area contributed by atoms with Crippen LogP contribution in [0.5, 0.6) is 0 Å². The predicted octanol–water partition coefficient (Wildman–Crippen LogP) is 3.24. The molecule has 0 fully saturated rings. The van der Waals surface area contributed by atoms with Crippen molar-refractivity contribution in [2.24, 2.45) is 11.5 Å². The minimum absolute atomic E-state index is 0.234. The molecule has 1 rings (SSSR count). The monoisotopic (exact) mass is 352 g/mol. The highest BCUT2D eigenvalue weighted by Gasteiger charge is 2.11. The van der Waals surface area contributed by atoms with Gasteiger partial charge in [-0.05, 0) is 55.0 Å². The van der Waals surface area contributed by atoms with E-state index >= 15 is 0 Å². The van der Waals surface area contributed by atoms with Crippen LogP contribution in [0.15, 0.2) is 47.3 Å². The third kappa shape index (κ3) is 4.98. The van der Waals surface area contributed by atoms with Crippen LogP contribution in [-0.2, 0) is 16.0 Å². The number of allylic oxidation sites excluding steroid dienone is 4. The highest BCUT2D eigenvalue weighted by Crippen LogP contribution is 2.26. The summed E-state index contributed by atoms with van der Waals surface area (Å²) in [6.07, 6.45) is 4.54. The fourth-order valence-electron chi connectivity index (χ4n) is 1.91. The molecule has 4 nitrogen and oxygen atoms in total. The van der Waals surface area contributed by atoms with Gasteiger partial charge in [0.25, 0.3) is 0 Å². The van der Waals surface area contributed by atoms with Gasteiger partial charge in [-0.3, -0.25) is 9.59 Å². The topological polar surface area (TPSA) is 86.2 Å². The molecule has 0 aliphatic rings. The van der Waals surface area contributed by atoms with Crippen LogP contribution in [0.1, 0.15) is 18.1 Å². The zero-order chi connectivity index (χ0) is 17.6. The standard InChI is InChI=1S/C17H18Cl2N2O2/c1-10(7-20)14(8-21)17(23)6-13(9-22)3-12-4-15(18)11(2)16(19)5-12/h4-9H,3,20-21H2,1-2H3/b10-7-,13-6-,14-8+. The number of ketones is 1. The summed E-state index contributed by atoms with van der Waals surface area (Å²) in [5.41, 5.74) is 13.4. The first-order chi connectivity index (χ1) is 10.8. The van der Waals surface area contributed by atoms with Crippen LogP contribution in [0.3, 0.4) is 0 Å². The Morgan fingerprint density at radius 1 is 1.17 bits per heavy atom. The van der Waals surface area contributed by atoms with Crippen molar-refractivity contribution in [3.63, 3.8) is 0 Å². The number of hydrogen-bond acceptors (Lipinski definition) is 4. The van der Waals surface area contributed by atoms with Gasteiger partial charge < -0.3 is 11.5 Å². The van der Waals surface area contributed by atoms with Crippen molar-refractivity contribution < 1.29 is 9.59 Å². The van der Waals surface area contributed by atoms with Crippen molar-refractivity contribution in [2.75, 3.05) is 0 Å². The Morgan fingerprint density at radius 2 is 1.74 bits per heavy atom. The van der Waals surface area contributed by atoms with Crippen LogP contribution in [0.25, 0.3) is 0 Å². The number of rotatable bonds is 6. The van der Waals surface area contributed by atoms with Crippen LogP contribution in [-0.4, -0.2) is 12.1 Å². The van der Waals surface area contributed by atoms with E-state index in [1.54, 1.807) is 26.0 Å². The number of carbonyl (C=O) groups is 2. The molecule has 1 aromatic carbocycles. The number of carbonyl (C=O) groups excluding carboxylic acids is 2. The lowest BCUT2D eigenvalue weighted by molar-refractivity contribution is -0.111. The Morgan fingerprint density at radius 3 is 2.17 bits per heavy atom. The summed E-state index contributed by atoms with van der Waals surface area (Å²) in [4.78, 5) is 23.4. The second kappa shape index (κ2) is 8.56. The second-order valence-corrected chi connectivity index (χ2v) is 5.81. The summed E-state index contributed by atoms with van der Waals surface area (Å²) in [5, 5.41) is 1.02. The van der Waals surface area contributed by atoms with Gasteiger partial charge in [0.2, 0.25) is 0 Å². The number of halogens is 2. The van der Waals surface area contributed by atoms with Gasteiger partial charge in [-0.2, -0.15) is 0 Å². The van der Waals surface area contributed by atoms with Gasteiger partial charge in [0.05, 0.1) is 0 Å². The summed E-state index contributed by atoms with van der Waals surface area (Å²) in [6.45, 7) is 3.46. The first kappa shape index (κ1) is 19.0. The number of aldehydes is 1. The maximum Gasteiger partial charge on any atom is 0.188 e. The van der Waals surface area contributed by atoms with Crippen LogP contribution < -0.4 is 11.5 Å². The highest BCUT2D eigenvalue weighted by atomic mass is 35.5. The largest absolute Gasteiger partial charge is 0.404 e. The predicted molar refractivity (Wildman–Crippen MR) is 94.3 cm³/mol. The minimum atomic E-state index is -0.391. The average molecular weight is 353 g/mol. The lowest BCUT2D eigenvalue weighted by Crippen LogP contribution is -2.07. The summed E-state index contributed by atoms with van der Waals surface area (Å²) in [6, 6.07) is 3.44. The van der Waals surface area contributed by atoms with Gasteiger partial charge in [-0.15, -0.1) is 0 Å². The van der Waals surface area contributed by atoms with E-state index in [0.29, 0.717) is 21.9 Å². The first-order valence-electron chi connectivity index (χ1n) is 6.79. The third-order valence-corrected chi connectivity index (χ3v) is 4.11. The lowest BCUT2D eigenvalue weighted by Gasteiger charge is -2.07. The Balaban J connectivity index is 3.10. The highest BCUT2D eigenvalue weighted by molar-refractivity contribution is 6.36. The fraction of sp³-hybridized carbons (Fsp3) is 0.176. The molecule has 6 heteroatoms. The van der Waals surface area contributed by atoms with Crippen LogP contribution in [0.4, 0.5) is 0 Å². The number of benzene rings is 1. The minimum Gasteiger partial charge on any atom is -0.404 e. The maximum absolute atomic E-state index is 12.2. The van der Waals surface area contributed by atoms with Crippen molar-refractivity contribution in [2.45, 2.75) is 20.3 Å². The fourth-order valence-corrected chi connectivity index (χ4v) is 2.44. The molecule has 0 spiro atoms. The molecule has 23 heavy (non-hydrogen) atoms. The molecule has 4 N–H and O–H groups in total. The number of hydrogen-bond donors (Lipinski definition) is 2. The van der Waals surface area contributed by atoms with Crippen molar-refractivity contribution in [3.8, 4) is 0 Å². The van der Waals surface area contributed by atoms with Crippen molar-refractivity contribution >= 4 is 35.3 Å².